The lowest BCUT2D eigenvalue weighted by Gasteiger charge is -2.15. The number of aryl methyl sites for hydroxylation is 1. The van der Waals surface area contributed by atoms with Gasteiger partial charge in [-0.1, -0.05) is 6.07 Å². The highest BCUT2D eigenvalue weighted by atomic mass is 32.1. The molecule has 10 nitrogen and oxygen atoms in total. The van der Waals surface area contributed by atoms with Gasteiger partial charge in [0, 0.05) is 24.3 Å². The summed E-state index contributed by atoms with van der Waals surface area (Å²) < 4.78 is 33.2. The zero-order valence-electron chi connectivity index (χ0n) is 21.3. The van der Waals surface area contributed by atoms with Gasteiger partial charge in [-0.05, 0) is 84.0 Å². The van der Waals surface area contributed by atoms with Crippen LogP contribution in [0.1, 0.15) is 45.4 Å². The van der Waals surface area contributed by atoms with Gasteiger partial charge in [0.15, 0.2) is 17.3 Å². The molecule has 1 aromatic carbocycles. The Labute approximate surface area is 235 Å². The summed E-state index contributed by atoms with van der Waals surface area (Å²) >= 11 is 0.772. The van der Waals surface area contributed by atoms with Crippen LogP contribution in [-0.4, -0.2) is 39.6 Å². The van der Waals surface area contributed by atoms with E-state index >= 15 is 0 Å². The van der Waals surface area contributed by atoms with Crippen molar-refractivity contribution in [2.24, 2.45) is 0 Å². The number of amides is 1. The van der Waals surface area contributed by atoms with Crippen molar-refractivity contribution in [1.29, 1.82) is 0 Å². The third kappa shape index (κ3) is 4.39. The van der Waals surface area contributed by atoms with Crippen molar-refractivity contribution in [2.45, 2.75) is 25.3 Å². The average molecular weight is 570 g/mol. The summed E-state index contributed by atoms with van der Waals surface area (Å²) in [6.45, 7) is 0. The molecule has 0 saturated heterocycles. The molecule has 0 bridgehead atoms. The van der Waals surface area contributed by atoms with Crippen molar-refractivity contribution < 1.29 is 13.6 Å². The van der Waals surface area contributed by atoms with E-state index in [2.05, 4.69) is 25.8 Å². The van der Waals surface area contributed by atoms with Crippen LogP contribution < -0.4 is 11.1 Å². The predicted octanol–water partition coefficient (Wildman–Crippen LogP) is 5.06. The second kappa shape index (κ2) is 9.86. The number of imidazole rings is 1. The fraction of sp³-hybridized carbons (Fsp3) is 0.143. The molecule has 1 atom stereocenters. The summed E-state index contributed by atoms with van der Waals surface area (Å²) in [5.41, 5.74) is 10.7. The van der Waals surface area contributed by atoms with Gasteiger partial charge in [-0.25, -0.2) is 28.4 Å². The Morgan fingerprint density at radius 1 is 1.10 bits per heavy atom. The second-order valence-electron chi connectivity index (χ2n) is 9.53. The zero-order chi connectivity index (χ0) is 28.1. The number of hydrogen-bond acceptors (Lipinski definition) is 8. The van der Waals surface area contributed by atoms with Gasteiger partial charge in [-0.3, -0.25) is 9.36 Å². The van der Waals surface area contributed by atoms with Crippen LogP contribution >= 0.6 is 11.5 Å². The lowest BCUT2D eigenvalue weighted by Crippen LogP contribution is -2.26. The molecule has 0 unspecified atom stereocenters. The van der Waals surface area contributed by atoms with Gasteiger partial charge in [0.2, 0.25) is 0 Å². The SMILES string of the molecule is Nc1ncccc1-c1nc2ccc(-n3cccn3)nc2n1-c1ccc2c(c1)CC[C@@H]2NC(=O)c1cc(C(F)F)ns1. The van der Waals surface area contributed by atoms with Crippen LogP contribution in [0.4, 0.5) is 14.6 Å². The number of nitrogens with zero attached hydrogens (tertiary/aromatic N) is 7. The van der Waals surface area contributed by atoms with Crippen LogP contribution in [-0.2, 0) is 6.42 Å². The smallest absolute Gasteiger partial charge is 0.281 e. The van der Waals surface area contributed by atoms with E-state index in [-0.39, 0.29) is 10.9 Å². The topological polar surface area (TPSA) is 129 Å². The van der Waals surface area contributed by atoms with E-state index in [1.165, 1.54) is 0 Å². The number of hydrogen-bond donors (Lipinski definition) is 2. The van der Waals surface area contributed by atoms with E-state index in [1.54, 1.807) is 23.1 Å². The van der Waals surface area contributed by atoms with Crippen molar-refractivity contribution >= 4 is 34.4 Å². The number of carbonyl (C=O) groups excluding carboxylic acids is 1. The number of nitrogens with one attached hydrogen (secondary N) is 1. The monoisotopic (exact) mass is 569 g/mol. The Bertz CT molecular complexity index is 1920. The largest absolute Gasteiger partial charge is 0.383 e. The summed E-state index contributed by atoms with van der Waals surface area (Å²) in [5.74, 6) is 1.16. The first-order valence-electron chi connectivity index (χ1n) is 12.8. The number of fused-ring (bicyclic) bond motifs is 2. The average Bonchev–Trinajstić information content (AvgIpc) is 3.79. The fourth-order valence-corrected chi connectivity index (χ4v) is 5.78. The summed E-state index contributed by atoms with van der Waals surface area (Å²) in [4.78, 5) is 27.0. The number of pyridine rings is 2. The van der Waals surface area contributed by atoms with Gasteiger partial charge in [0.05, 0.1) is 11.6 Å². The normalized spacial score (nSPS) is 14.6. The molecular formula is C28H21F2N9OS. The number of nitrogen functional groups attached to an aromatic ring is 1. The highest BCUT2D eigenvalue weighted by molar-refractivity contribution is 7.08. The summed E-state index contributed by atoms with van der Waals surface area (Å²) in [7, 11) is 0. The molecular weight excluding hydrogens is 548 g/mol. The minimum absolute atomic E-state index is 0.160. The molecule has 3 N–H and O–H groups in total. The Morgan fingerprint density at radius 3 is 2.78 bits per heavy atom. The molecule has 0 saturated carbocycles. The van der Waals surface area contributed by atoms with Gasteiger partial charge in [0.1, 0.15) is 21.9 Å². The molecule has 1 amide bonds. The molecule has 6 aromatic rings. The number of carbonyl (C=O) groups is 1. The quantitative estimate of drug-likeness (QED) is 0.287. The fourth-order valence-electron chi connectivity index (χ4n) is 5.13. The van der Waals surface area contributed by atoms with E-state index in [4.69, 9.17) is 15.7 Å². The lowest BCUT2D eigenvalue weighted by atomic mass is 10.1. The minimum atomic E-state index is -2.71. The Balaban J connectivity index is 1.28. The van der Waals surface area contributed by atoms with Crippen molar-refractivity contribution in [3.05, 3.63) is 94.9 Å². The molecule has 0 spiro atoms. The van der Waals surface area contributed by atoms with Crippen LogP contribution in [0.5, 0.6) is 0 Å². The molecule has 204 valence electrons. The summed E-state index contributed by atoms with van der Waals surface area (Å²) in [6, 6.07) is 16.1. The second-order valence-corrected chi connectivity index (χ2v) is 10.3. The van der Waals surface area contributed by atoms with Crippen LogP contribution in [0, 0.1) is 0 Å². The maximum absolute atomic E-state index is 12.9. The van der Waals surface area contributed by atoms with Gasteiger partial charge < -0.3 is 11.1 Å². The Hall–Kier alpha value is -5.04. The van der Waals surface area contributed by atoms with Gasteiger partial charge in [-0.15, -0.1) is 0 Å². The Kier molecular flexibility index (Phi) is 6.00. The minimum Gasteiger partial charge on any atom is -0.383 e. The number of halogens is 2. The number of nitrogens with two attached hydrogens (primary N) is 1. The van der Waals surface area contributed by atoms with E-state index in [1.807, 2.05) is 47.2 Å². The molecule has 7 rings (SSSR count). The van der Waals surface area contributed by atoms with E-state index in [0.29, 0.717) is 40.6 Å². The van der Waals surface area contributed by atoms with E-state index < -0.39 is 18.0 Å². The zero-order valence-corrected chi connectivity index (χ0v) is 22.1. The standard InChI is InChI=1S/C28H21F2N9OS/c29-24(30)21-14-22(41-37-21)28(40)35-19-7-4-15-13-16(5-6-17(15)19)39-26(18-3-1-10-32-25(18)31)34-20-8-9-23(36-27(20)39)38-12-2-11-33-38/h1-3,5-6,8-14,19,24H,4,7H2,(H2,31,32)(H,35,40)/t19-/m0/s1. The van der Waals surface area contributed by atoms with E-state index in [9.17, 15) is 13.6 Å². The van der Waals surface area contributed by atoms with Gasteiger partial charge in [0.25, 0.3) is 12.3 Å². The lowest BCUT2D eigenvalue weighted by molar-refractivity contribution is 0.0940. The first-order chi connectivity index (χ1) is 20.0. The maximum Gasteiger partial charge on any atom is 0.281 e. The molecule has 0 fully saturated rings. The van der Waals surface area contributed by atoms with Gasteiger partial charge >= 0.3 is 0 Å². The number of aromatic nitrogens is 7. The molecule has 41 heavy (non-hydrogen) atoms. The van der Waals surface area contributed by atoms with Crippen LogP contribution in [0.15, 0.2) is 73.2 Å². The van der Waals surface area contributed by atoms with Crippen LogP contribution in [0.2, 0.25) is 0 Å². The Morgan fingerprint density at radius 2 is 2.00 bits per heavy atom. The molecule has 5 heterocycles. The third-order valence-corrected chi connectivity index (χ3v) is 7.85. The third-order valence-electron chi connectivity index (χ3n) is 7.05. The molecule has 0 aliphatic heterocycles. The highest BCUT2D eigenvalue weighted by Crippen LogP contribution is 2.36. The van der Waals surface area contributed by atoms with E-state index in [0.717, 1.165) is 40.8 Å². The van der Waals surface area contributed by atoms with Crippen molar-refractivity contribution in [3.63, 3.8) is 0 Å². The predicted molar refractivity (Wildman–Crippen MR) is 149 cm³/mol. The number of anilines is 1. The van der Waals surface area contributed by atoms with Crippen LogP contribution in [0.3, 0.4) is 0 Å². The van der Waals surface area contributed by atoms with Crippen molar-refractivity contribution in [2.75, 3.05) is 5.73 Å². The maximum atomic E-state index is 12.9. The molecule has 5 aromatic heterocycles. The number of rotatable bonds is 6. The molecule has 13 heteroatoms. The molecule has 0 radical (unpaired) electrons. The number of benzene rings is 1. The van der Waals surface area contributed by atoms with Gasteiger partial charge in [-0.2, -0.15) is 9.47 Å². The summed E-state index contributed by atoms with van der Waals surface area (Å²) in [5, 5.41) is 7.28. The molecule has 1 aliphatic carbocycles. The van der Waals surface area contributed by atoms with Crippen molar-refractivity contribution in [3.8, 4) is 22.9 Å². The molecule has 1 aliphatic rings. The van der Waals surface area contributed by atoms with Crippen molar-refractivity contribution in [1.82, 2.24) is 39.0 Å². The summed E-state index contributed by atoms with van der Waals surface area (Å²) in [6.07, 6.45) is 3.83. The first-order valence-corrected chi connectivity index (χ1v) is 13.5. The number of alkyl halides is 2. The van der Waals surface area contributed by atoms with Crippen LogP contribution in [0.25, 0.3) is 34.1 Å². The highest BCUT2D eigenvalue weighted by Gasteiger charge is 2.27. The first kappa shape index (κ1) is 25.0.